The molecule has 3 rings (SSSR count). The molecule has 8 heteroatoms. The highest BCUT2D eigenvalue weighted by Crippen LogP contribution is 2.26. The second-order valence-electron chi connectivity index (χ2n) is 6.10. The molecule has 0 unspecified atom stereocenters. The zero-order valence-electron chi connectivity index (χ0n) is 15.2. The topological polar surface area (TPSA) is 73.2 Å². The quantitative estimate of drug-likeness (QED) is 0.664. The van der Waals surface area contributed by atoms with Gasteiger partial charge in [-0.05, 0) is 24.6 Å². The second-order valence-corrected chi connectivity index (χ2v) is 6.10. The highest BCUT2D eigenvalue weighted by atomic mass is 19.3. The predicted octanol–water partition coefficient (Wildman–Crippen LogP) is 4.05. The van der Waals surface area contributed by atoms with E-state index in [1.807, 2.05) is 6.92 Å². The summed E-state index contributed by atoms with van der Waals surface area (Å²) in [5, 5.41) is 7.54. The third-order valence-corrected chi connectivity index (χ3v) is 4.16. The Bertz CT molecular complexity index is 1050. The Kier molecular flexibility index (Phi) is 5.98. The number of hydrogen-bond donors (Lipinski definition) is 1. The van der Waals surface area contributed by atoms with Gasteiger partial charge >= 0.3 is 6.61 Å². The largest absolute Gasteiger partial charge is 0.433 e. The zero-order valence-corrected chi connectivity index (χ0v) is 15.2. The summed E-state index contributed by atoms with van der Waals surface area (Å²) in [6, 6.07) is 12.6. The van der Waals surface area contributed by atoms with Crippen molar-refractivity contribution >= 4 is 22.4 Å². The minimum atomic E-state index is -3.02. The maximum Gasteiger partial charge on any atom is 0.387 e. The van der Waals surface area contributed by atoms with Crippen LogP contribution in [0.5, 0.6) is 5.75 Å². The highest BCUT2D eigenvalue weighted by Gasteiger charge is 2.18. The highest BCUT2D eigenvalue weighted by molar-refractivity contribution is 6.11. The molecule has 0 spiro atoms. The van der Waals surface area contributed by atoms with Crippen molar-refractivity contribution in [3.05, 3.63) is 64.6 Å². The maximum atomic E-state index is 12.9. The third-order valence-electron chi connectivity index (χ3n) is 4.16. The summed E-state index contributed by atoms with van der Waals surface area (Å²) in [6.45, 7) is -0.654. The summed E-state index contributed by atoms with van der Waals surface area (Å²) in [5.74, 6) is -0.777. The van der Waals surface area contributed by atoms with Crippen molar-refractivity contribution < 1.29 is 18.3 Å². The van der Waals surface area contributed by atoms with Crippen LogP contribution in [0.2, 0.25) is 0 Å². The van der Waals surface area contributed by atoms with E-state index in [0.29, 0.717) is 17.3 Å². The van der Waals surface area contributed by atoms with Crippen molar-refractivity contribution in [2.75, 3.05) is 5.32 Å². The fourth-order valence-electron chi connectivity index (χ4n) is 2.81. The molecule has 0 bridgehead atoms. The number of aryl methyl sites for hydroxylation is 1. The molecule has 28 heavy (non-hydrogen) atoms. The molecule has 1 aromatic heterocycles. The van der Waals surface area contributed by atoms with Crippen LogP contribution < -0.4 is 15.6 Å². The van der Waals surface area contributed by atoms with Crippen molar-refractivity contribution in [2.24, 2.45) is 0 Å². The molecule has 6 nitrogen and oxygen atoms in total. The Morgan fingerprint density at radius 1 is 1.14 bits per heavy atom. The van der Waals surface area contributed by atoms with Gasteiger partial charge in [0.15, 0.2) is 5.69 Å². The number of hydrogen-bond acceptors (Lipinski definition) is 4. The van der Waals surface area contributed by atoms with Crippen molar-refractivity contribution in [1.82, 2.24) is 9.78 Å². The lowest BCUT2D eigenvalue weighted by molar-refractivity contribution is -0.0493. The molecule has 3 aromatic rings. The van der Waals surface area contributed by atoms with E-state index in [-0.39, 0.29) is 22.7 Å². The van der Waals surface area contributed by atoms with Crippen LogP contribution in [-0.2, 0) is 6.54 Å². The third kappa shape index (κ3) is 4.16. The number of carbonyl (C=O) groups excluding carboxylic acids is 1. The minimum Gasteiger partial charge on any atom is -0.433 e. The molecule has 0 aliphatic carbocycles. The van der Waals surface area contributed by atoms with Crippen molar-refractivity contribution in [1.29, 1.82) is 0 Å². The molecule has 146 valence electrons. The van der Waals surface area contributed by atoms with Gasteiger partial charge in [-0.15, -0.1) is 0 Å². The van der Waals surface area contributed by atoms with Crippen LogP contribution in [0.3, 0.4) is 0 Å². The predicted molar refractivity (Wildman–Crippen MR) is 102 cm³/mol. The number of anilines is 1. The smallest absolute Gasteiger partial charge is 0.387 e. The SMILES string of the molecule is CCCCn1nc(C(=O)Nc2ccccc2OC(F)F)c2ccccc2c1=O. The molecule has 2 aromatic carbocycles. The molecule has 0 radical (unpaired) electrons. The Morgan fingerprint density at radius 2 is 1.82 bits per heavy atom. The number of nitrogens with one attached hydrogen (secondary N) is 1. The molecule has 0 saturated carbocycles. The molecule has 1 amide bonds. The summed E-state index contributed by atoms with van der Waals surface area (Å²) < 4.78 is 30.9. The first-order valence-electron chi connectivity index (χ1n) is 8.86. The van der Waals surface area contributed by atoms with Crippen LogP contribution in [0.15, 0.2) is 53.3 Å². The van der Waals surface area contributed by atoms with E-state index in [0.717, 1.165) is 12.8 Å². The van der Waals surface area contributed by atoms with E-state index in [9.17, 15) is 18.4 Å². The van der Waals surface area contributed by atoms with Crippen LogP contribution in [0.25, 0.3) is 10.8 Å². The fourth-order valence-corrected chi connectivity index (χ4v) is 2.81. The summed E-state index contributed by atoms with van der Waals surface area (Å²) in [4.78, 5) is 25.5. The van der Waals surface area contributed by atoms with E-state index in [4.69, 9.17) is 0 Å². The molecule has 0 fully saturated rings. The van der Waals surface area contributed by atoms with Crippen LogP contribution in [0.4, 0.5) is 14.5 Å². The van der Waals surface area contributed by atoms with Gasteiger partial charge in [0.1, 0.15) is 5.75 Å². The van der Waals surface area contributed by atoms with Crippen LogP contribution in [-0.4, -0.2) is 22.3 Å². The Balaban J connectivity index is 2.02. The van der Waals surface area contributed by atoms with Crippen molar-refractivity contribution in [3.63, 3.8) is 0 Å². The van der Waals surface area contributed by atoms with Gasteiger partial charge in [-0.2, -0.15) is 13.9 Å². The van der Waals surface area contributed by atoms with E-state index >= 15 is 0 Å². The van der Waals surface area contributed by atoms with Crippen molar-refractivity contribution in [3.8, 4) is 5.75 Å². The normalized spacial score (nSPS) is 11.0. The zero-order chi connectivity index (χ0) is 20.1. The fraction of sp³-hybridized carbons (Fsp3) is 0.250. The Hall–Kier alpha value is -3.29. The summed E-state index contributed by atoms with van der Waals surface area (Å²) in [7, 11) is 0. The summed E-state index contributed by atoms with van der Waals surface area (Å²) in [6.07, 6.45) is 1.60. The Labute approximate surface area is 159 Å². The monoisotopic (exact) mass is 387 g/mol. The molecule has 1 heterocycles. The van der Waals surface area contributed by atoms with E-state index < -0.39 is 12.5 Å². The van der Waals surface area contributed by atoms with Gasteiger partial charge < -0.3 is 10.1 Å². The van der Waals surface area contributed by atoms with Crippen molar-refractivity contribution in [2.45, 2.75) is 32.9 Å². The number of unbranched alkanes of at least 4 members (excludes halogenated alkanes) is 1. The molecule has 0 aliphatic heterocycles. The number of alkyl halides is 2. The number of benzene rings is 2. The van der Waals surface area contributed by atoms with Gasteiger partial charge in [0.25, 0.3) is 11.5 Å². The molecule has 0 saturated heterocycles. The van der Waals surface area contributed by atoms with Gasteiger partial charge in [0, 0.05) is 11.9 Å². The number of amides is 1. The lowest BCUT2D eigenvalue weighted by Crippen LogP contribution is -2.27. The number of nitrogens with zero attached hydrogens (tertiary/aromatic N) is 2. The Morgan fingerprint density at radius 3 is 2.54 bits per heavy atom. The van der Waals surface area contributed by atoms with Gasteiger partial charge in [-0.25, -0.2) is 4.68 Å². The number of para-hydroxylation sites is 2. The van der Waals surface area contributed by atoms with Gasteiger partial charge in [-0.1, -0.05) is 43.7 Å². The lowest BCUT2D eigenvalue weighted by Gasteiger charge is -2.13. The molecular weight excluding hydrogens is 368 g/mol. The first-order chi connectivity index (χ1) is 13.5. The van der Waals surface area contributed by atoms with E-state index in [1.165, 1.54) is 22.9 Å². The van der Waals surface area contributed by atoms with E-state index in [2.05, 4.69) is 15.2 Å². The average Bonchev–Trinajstić information content (AvgIpc) is 2.68. The summed E-state index contributed by atoms with van der Waals surface area (Å²) in [5.41, 5.74) is -0.148. The minimum absolute atomic E-state index is 0.0400. The molecule has 0 atom stereocenters. The number of rotatable bonds is 7. The number of fused-ring (bicyclic) bond motifs is 1. The number of aromatic nitrogens is 2. The standard InChI is InChI=1S/C20H19F2N3O3/c1-2-3-12-25-19(27)14-9-5-4-8-13(14)17(24-25)18(26)23-15-10-6-7-11-16(15)28-20(21)22/h4-11,20H,2-3,12H2,1H3,(H,23,26). The van der Waals surface area contributed by atoms with Gasteiger partial charge in [0.2, 0.25) is 0 Å². The lowest BCUT2D eigenvalue weighted by atomic mass is 10.1. The molecule has 1 N–H and O–H groups in total. The molecular formula is C20H19F2N3O3. The summed E-state index contributed by atoms with van der Waals surface area (Å²) >= 11 is 0. The van der Waals surface area contributed by atoms with Gasteiger partial charge in [0.05, 0.1) is 11.1 Å². The van der Waals surface area contributed by atoms with Crippen LogP contribution >= 0.6 is 0 Å². The number of ether oxygens (including phenoxy) is 1. The first kappa shape index (κ1) is 19.5. The maximum absolute atomic E-state index is 12.9. The number of halogens is 2. The average molecular weight is 387 g/mol. The number of carbonyl (C=O) groups is 1. The first-order valence-corrected chi connectivity index (χ1v) is 8.86. The van der Waals surface area contributed by atoms with Crippen LogP contribution in [0, 0.1) is 0 Å². The van der Waals surface area contributed by atoms with E-state index in [1.54, 1.807) is 30.3 Å². The van der Waals surface area contributed by atoms with Crippen LogP contribution in [0.1, 0.15) is 30.3 Å². The molecule has 0 aliphatic rings. The van der Waals surface area contributed by atoms with Gasteiger partial charge in [-0.3, -0.25) is 9.59 Å². The second kappa shape index (κ2) is 8.60.